The second kappa shape index (κ2) is 6.33. The zero-order chi connectivity index (χ0) is 16.3. The molecule has 1 aliphatic rings. The summed E-state index contributed by atoms with van der Waals surface area (Å²) in [6.45, 7) is 1.20. The SMILES string of the molecule is COC[C@@]1(C)NC(=O)N(CC(=O)Nc2cccc(Cl)c2)C1=O. The molecule has 0 aliphatic carbocycles. The average Bonchev–Trinajstić information content (AvgIpc) is 2.63. The van der Waals surface area contributed by atoms with E-state index in [1.54, 1.807) is 31.2 Å². The van der Waals surface area contributed by atoms with Crippen molar-refractivity contribution in [2.75, 3.05) is 25.6 Å². The lowest BCUT2D eigenvalue weighted by molar-refractivity contribution is -0.134. The van der Waals surface area contributed by atoms with Gasteiger partial charge in [0.2, 0.25) is 5.91 Å². The number of methoxy groups -OCH3 is 1. The largest absolute Gasteiger partial charge is 0.382 e. The number of benzene rings is 1. The molecule has 1 aliphatic heterocycles. The molecule has 1 fully saturated rings. The van der Waals surface area contributed by atoms with Crippen LogP contribution in [0.25, 0.3) is 0 Å². The number of hydrogen-bond acceptors (Lipinski definition) is 4. The van der Waals surface area contributed by atoms with Crippen LogP contribution in [0.3, 0.4) is 0 Å². The fraction of sp³-hybridized carbons (Fsp3) is 0.357. The van der Waals surface area contributed by atoms with Crippen molar-refractivity contribution in [1.82, 2.24) is 10.2 Å². The summed E-state index contributed by atoms with van der Waals surface area (Å²) in [4.78, 5) is 36.9. The topological polar surface area (TPSA) is 87.7 Å². The molecule has 1 atom stereocenters. The van der Waals surface area contributed by atoms with Gasteiger partial charge in [0.1, 0.15) is 12.1 Å². The molecule has 1 heterocycles. The molecule has 8 heteroatoms. The van der Waals surface area contributed by atoms with Crippen molar-refractivity contribution in [3.8, 4) is 0 Å². The summed E-state index contributed by atoms with van der Waals surface area (Å²) in [7, 11) is 1.43. The van der Waals surface area contributed by atoms with E-state index in [1.807, 2.05) is 0 Å². The van der Waals surface area contributed by atoms with Gasteiger partial charge in [0, 0.05) is 17.8 Å². The maximum Gasteiger partial charge on any atom is 0.325 e. The number of anilines is 1. The molecule has 0 radical (unpaired) electrons. The fourth-order valence-corrected chi connectivity index (χ4v) is 2.38. The predicted octanol–water partition coefficient (Wildman–Crippen LogP) is 1.24. The molecule has 1 aromatic rings. The number of amides is 4. The van der Waals surface area contributed by atoms with Gasteiger partial charge in [0.25, 0.3) is 5.91 Å². The molecule has 0 bridgehead atoms. The highest BCUT2D eigenvalue weighted by molar-refractivity contribution is 6.30. The van der Waals surface area contributed by atoms with Crippen molar-refractivity contribution in [3.05, 3.63) is 29.3 Å². The van der Waals surface area contributed by atoms with Crippen LogP contribution in [0.15, 0.2) is 24.3 Å². The number of nitrogens with one attached hydrogen (secondary N) is 2. The van der Waals surface area contributed by atoms with Crippen molar-refractivity contribution in [1.29, 1.82) is 0 Å². The number of carbonyl (C=O) groups is 3. The van der Waals surface area contributed by atoms with Crippen LogP contribution in [-0.4, -0.2) is 48.5 Å². The Morgan fingerprint density at radius 3 is 2.82 bits per heavy atom. The first-order valence-electron chi connectivity index (χ1n) is 6.54. The Hall–Kier alpha value is -2.12. The fourth-order valence-electron chi connectivity index (χ4n) is 2.19. The molecule has 2 rings (SSSR count). The van der Waals surface area contributed by atoms with Gasteiger partial charge >= 0.3 is 6.03 Å². The molecule has 118 valence electrons. The number of urea groups is 1. The van der Waals surface area contributed by atoms with Crippen molar-refractivity contribution in [2.24, 2.45) is 0 Å². The zero-order valence-corrected chi connectivity index (χ0v) is 12.9. The van der Waals surface area contributed by atoms with Gasteiger partial charge in [0.15, 0.2) is 0 Å². The minimum atomic E-state index is -1.15. The highest BCUT2D eigenvalue weighted by atomic mass is 35.5. The Morgan fingerprint density at radius 2 is 2.18 bits per heavy atom. The van der Waals surface area contributed by atoms with Gasteiger partial charge in [-0.3, -0.25) is 14.5 Å². The average molecular weight is 326 g/mol. The molecule has 0 aromatic heterocycles. The smallest absolute Gasteiger partial charge is 0.325 e. The van der Waals surface area contributed by atoms with Gasteiger partial charge in [-0.25, -0.2) is 4.79 Å². The molecule has 0 saturated carbocycles. The third-order valence-corrected chi connectivity index (χ3v) is 3.42. The van der Waals surface area contributed by atoms with Gasteiger partial charge in [-0.15, -0.1) is 0 Å². The summed E-state index contributed by atoms with van der Waals surface area (Å²) < 4.78 is 4.93. The van der Waals surface area contributed by atoms with Gasteiger partial charge < -0.3 is 15.4 Å². The standard InChI is InChI=1S/C14H16ClN3O4/c1-14(8-22-2)12(20)18(13(21)17-14)7-11(19)16-10-5-3-4-9(15)6-10/h3-6H,7-8H2,1-2H3,(H,16,19)(H,17,21)/t14-/m1/s1. The number of hydrogen-bond donors (Lipinski definition) is 2. The summed E-state index contributed by atoms with van der Waals surface area (Å²) in [5.41, 5.74) is -0.661. The Labute approximate surface area is 132 Å². The van der Waals surface area contributed by atoms with Crippen LogP contribution in [0.5, 0.6) is 0 Å². The molecular formula is C14H16ClN3O4. The number of carbonyl (C=O) groups excluding carboxylic acids is 3. The molecule has 2 N–H and O–H groups in total. The van der Waals surface area contributed by atoms with Crippen molar-refractivity contribution < 1.29 is 19.1 Å². The van der Waals surface area contributed by atoms with E-state index in [0.717, 1.165) is 4.90 Å². The van der Waals surface area contributed by atoms with E-state index in [1.165, 1.54) is 7.11 Å². The first kappa shape index (κ1) is 16.3. The number of ether oxygens (including phenoxy) is 1. The number of nitrogens with zero attached hydrogens (tertiary/aromatic N) is 1. The summed E-state index contributed by atoms with van der Waals surface area (Å²) >= 11 is 5.82. The first-order chi connectivity index (χ1) is 10.4. The lowest BCUT2D eigenvalue weighted by Gasteiger charge is -2.20. The molecule has 1 saturated heterocycles. The molecule has 0 unspecified atom stereocenters. The van der Waals surface area contributed by atoms with Crippen molar-refractivity contribution in [3.63, 3.8) is 0 Å². The van der Waals surface area contributed by atoms with Crippen LogP contribution in [0.1, 0.15) is 6.92 Å². The monoisotopic (exact) mass is 325 g/mol. The number of imide groups is 1. The minimum Gasteiger partial charge on any atom is -0.382 e. The van der Waals surface area contributed by atoms with Crippen LogP contribution < -0.4 is 10.6 Å². The Bertz CT molecular complexity index is 622. The number of halogens is 1. The minimum absolute atomic E-state index is 0.0317. The molecule has 1 aromatic carbocycles. The Morgan fingerprint density at radius 1 is 1.45 bits per heavy atom. The second-order valence-electron chi connectivity index (χ2n) is 5.15. The van der Waals surface area contributed by atoms with Gasteiger partial charge in [-0.2, -0.15) is 0 Å². The molecule has 4 amide bonds. The van der Waals surface area contributed by atoms with Crippen LogP contribution in [0.2, 0.25) is 5.02 Å². The lowest BCUT2D eigenvalue weighted by atomic mass is 10.0. The second-order valence-corrected chi connectivity index (χ2v) is 5.58. The summed E-state index contributed by atoms with van der Waals surface area (Å²) in [5, 5.41) is 5.57. The third-order valence-electron chi connectivity index (χ3n) is 3.19. The van der Waals surface area contributed by atoms with Crippen LogP contribution in [0, 0.1) is 0 Å². The Kier molecular flexibility index (Phi) is 4.68. The van der Waals surface area contributed by atoms with Gasteiger partial charge in [0.05, 0.1) is 6.61 Å². The van der Waals surface area contributed by atoms with Crippen LogP contribution >= 0.6 is 11.6 Å². The van der Waals surface area contributed by atoms with E-state index in [2.05, 4.69) is 10.6 Å². The van der Waals surface area contributed by atoms with E-state index in [4.69, 9.17) is 16.3 Å². The summed E-state index contributed by atoms with van der Waals surface area (Å²) in [5.74, 6) is -0.993. The zero-order valence-electron chi connectivity index (χ0n) is 12.2. The molecule has 0 spiro atoms. The van der Waals surface area contributed by atoms with E-state index in [-0.39, 0.29) is 13.2 Å². The van der Waals surface area contributed by atoms with Crippen molar-refractivity contribution >= 4 is 35.1 Å². The summed E-state index contributed by atoms with van der Waals surface area (Å²) in [6.07, 6.45) is 0. The molecular weight excluding hydrogens is 310 g/mol. The quantitative estimate of drug-likeness (QED) is 0.797. The lowest BCUT2D eigenvalue weighted by Crippen LogP contribution is -2.48. The molecule has 7 nitrogen and oxygen atoms in total. The van der Waals surface area contributed by atoms with Gasteiger partial charge in [-0.1, -0.05) is 17.7 Å². The molecule has 22 heavy (non-hydrogen) atoms. The van der Waals surface area contributed by atoms with Gasteiger partial charge in [-0.05, 0) is 25.1 Å². The number of rotatable bonds is 5. The summed E-state index contributed by atoms with van der Waals surface area (Å²) in [6, 6.07) is 5.96. The maximum absolute atomic E-state index is 12.2. The van der Waals surface area contributed by atoms with E-state index < -0.39 is 23.4 Å². The van der Waals surface area contributed by atoms with E-state index >= 15 is 0 Å². The predicted molar refractivity (Wildman–Crippen MR) is 80.6 cm³/mol. The first-order valence-corrected chi connectivity index (χ1v) is 6.92. The van der Waals surface area contributed by atoms with Crippen LogP contribution in [0.4, 0.5) is 10.5 Å². The normalized spacial score (nSPS) is 21.0. The van der Waals surface area contributed by atoms with Crippen LogP contribution in [-0.2, 0) is 14.3 Å². The third kappa shape index (κ3) is 3.37. The van der Waals surface area contributed by atoms with E-state index in [9.17, 15) is 14.4 Å². The highest BCUT2D eigenvalue weighted by Crippen LogP contribution is 2.18. The van der Waals surface area contributed by atoms with Crippen molar-refractivity contribution in [2.45, 2.75) is 12.5 Å². The highest BCUT2D eigenvalue weighted by Gasteiger charge is 2.48. The Balaban J connectivity index is 2.02. The van der Waals surface area contributed by atoms with E-state index in [0.29, 0.717) is 10.7 Å². The maximum atomic E-state index is 12.2.